The highest BCUT2D eigenvalue weighted by molar-refractivity contribution is 5.74. The van der Waals surface area contributed by atoms with Crippen molar-refractivity contribution in [3.8, 4) is 11.1 Å². The monoisotopic (exact) mass is 559 g/mol. The number of aliphatic hydroxyl groups is 2. The Labute approximate surface area is 242 Å². The molecule has 2 aliphatic rings. The maximum absolute atomic E-state index is 11.8. The van der Waals surface area contributed by atoms with Gasteiger partial charge in [-0.1, -0.05) is 60.7 Å². The number of carbonyl (C=O) groups excluding carboxylic acids is 1. The van der Waals surface area contributed by atoms with Gasteiger partial charge in [-0.15, -0.1) is 0 Å². The van der Waals surface area contributed by atoms with Gasteiger partial charge in [-0.25, -0.2) is 4.79 Å². The fourth-order valence-electron chi connectivity index (χ4n) is 5.77. The van der Waals surface area contributed by atoms with Crippen LogP contribution in [0, 0.1) is 0 Å². The number of nitrogens with one attached hydrogen (secondary N) is 2. The molecular weight excluding hydrogens is 518 g/mol. The molecule has 2 saturated heterocycles. The van der Waals surface area contributed by atoms with Crippen molar-refractivity contribution in [3.63, 3.8) is 0 Å². The molecule has 2 amide bonds. The summed E-state index contributed by atoms with van der Waals surface area (Å²) in [7, 11) is 0. The molecule has 0 radical (unpaired) electrons. The van der Waals surface area contributed by atoms with Gasteiger partial charge in [0.1, 0.15) is 0 Å². The predicted molar refractivity (Wildman–Crippen MR) is 158 cm³/mol. The maximum Gasteiger partial charge on any atom is 0.315 e. The lowest BCUT2D eigenvalue weighted by atomic mass is 9.98. The van der Waals surface area contributed by atoms with Crippen LogP contribution in [-0.2, 0) is 22.6 Å². The van der Waals surface area contributed by atoms with Crippen LogP contribution in [0.1, 0.15) is 60.8 Å². The lowest BCUT2D eigenvalue weighted by Crippen LogP contribution is -2.42. The number of nitrogens with zero attached hydrogens (tertiary/aromatic N) is 1. The Balaban J connectivity index is 1.36. The van der Waals surface area contributed by atoms with E-state index in [0.29, 0.717) is 19.5 Å². The molecule has 3 aromatic rings. The van der Waals surface area contributed by atoms with Crippen LogP contribution in [0.2, 0.25) is 0 Å². The fourth-order valence-corrected chi connectivity index (χ4v) is 5.77. The molecule has 4 N–H and O–H groups in total. The third kappa shape index (κ3) is 7.52. The Bertz CT molecular complexity index is 1280. The number of rotatable bonds is 10. The van der Waals surface area contributed by atoms with Crippen molar-refractivity contribution >= 4 is 6.03 Å². The van der Waals surface area contributed by atoms with Crippen LogP contribution < -0.4 is 10.6 Å². The van der Waals surface area contributed by atoms with Gasteiger partial charge < -0.3 is 30.3 Å². The quantitative estimate of drug-likeness (QED) is 0.288. The minimum Gasteiger partial charge on any atom is -0.395 e. The first kappa shape index (κ1) is 29.2. The summed E-state index contributed by atoms with van der Waals surface area (Å²) in [6, 6.07) is 24.3. The Morgan fingerprint density at radius 3 is 2.46 bits per heavy atom. The number of carbonyl (C=O) groups is 1. The summed E-state index contributed by atoms with van der Waals surface area (Å²) < 4.78 is 13.2. The Morgan fingerprint density at radius 2 is 1.71 bits per heavy atom. The molecule has 8 nitrogen and oxygen atoms in total. The van der Waals surface area contributed by atoms with Crippen molar-refractivity contribution in [2.45, 2.75) is 63.9 Å². The number of urea groups is 1. The molecule has 3 aromatic carbocycles. The molecule has 8 heteroatoms. The smallest absolute Gasteiger partial charge is 0.315 e. The first-order chi connectivity index (χ1) is 20.1. The minimum absolute atomic E-state index is 0.00760. The molecule has 2 heterocycles. The molecule has 0 spiro atoms. The third-order valence-corrected chi connectivity index (χ3v) is 7.97. The van der Waals surface area contributed by atoms with Crippen LogP contribution >= 0.6 is 0 Å². The summed E-state index contributed by atoms with van der Waals surface area (Å²) >= 11 is 0. The third-order valence-electron chi connectivity index (χ3n) is 7.97. The topological polar surface area (TPSA) is 103 Å². The summed E-state index contributed by atoms with van der Waals surface area (Å²) in [4.78, 5) is 14.2. The molecule has 2 fully saturated rings. The molecule has 2 aliphatic heterocycles. The van der Waals surface area contributed by atoms with Gasteiger partial charge in [0, 0.05) is 37.7 Å². The highest BCUT2D eigenvalue weighted by atomic mass is 16.7. The number of hydrogen-bond donors (Lipinski definition) is 4. The SMILES string of the molecule is CCNC(=O)NCc1cccc(-c2cccc(C3OC(CN4CCCC4CO)CC(c4ccc(CO)cc4)O3)c2)c1. The van der Waals surface area contributed by atoms with E-state index in [9.17, 15) is 15.0 Å². The second kappa shape index (κ2) is 14.1. The minimum atomic E-state index is -0.547. The van der Waals surface area contributed by atoms with Gasteiger partial charge >= 0.3 is 6.03 Å². The zero-order chi connectivity index (χ0) is 28.6. The second-order valence-corrected chi connectivity index (χ2v) is 10.9. The van der Waals surface area contributed by atoms with Gasteiger partial charge in [0.05, 0.1) is 25.4 Å². The van der Waals surface area contributed by atoms with Crippen LogP contribution in [0.4, 0.5) is 4.79 Å². The molecular formula is C33H41N3O5. The van der Waals surface area contributed by atoms with Gasteiger partial charge in [-0.3, -0.25) is 4.90 Å². The first-order valence-electron chi connectivity index (χ1n) is 14.6. The number of ether oxygens (including phenoxy) is 2. The van der Waals surface area contributed by atoms with E-state index >= 15 is 0 Å². The zero-order valence-corrected chi connectivity index (χ0v) is 23.7. The maximum atomic E-state index is 11.8. The molecule has 4 unspecified atom stereocenters. The second-order valence-electron chi connectivity index (χ2n) is 10.9. The number of benzene rings is 3. The van der Waals surface area contributed by atoms with E-state index in [0.717, 1.165) is 59.3 Å². The molecule has 0 bridgehead atoms. The van der Waals surface area contributed by atoms with Gasteiger partial charge in [-0.2, -0.15) is 0 Å². The van der Waals surface area contributed by atoms with E-state index in [1.807, 2.05) is 55.5 Å². The number of hydrogen-bond acceptors (Lipinski definition) is 6. The van der Waals surface area contributed by atoms with Crippen LogP contribution in [0.3, 0.4) is 0 Å². The average Bonchev–Trinajstić information content (AvgIpc) is 3.47. The first-order valence-corrected chi connectivity index (χ1v) is 14.6. The molecule has 0 aliphatic carbocycles. The average molecular weight is 560 g/mol. The number of likely N-dealkylation sites (tertiary alicyclic amines) is 1. The van der Waals surface area contributed by atoms with Crippen molar-refractivity contribution < 1.29 is 24.5 Å². The Hall–Kier alpha value is -3.27. The summed E-state index contributed by atoms with van der Waals surface area (Å²) in [6.45, 7) is 4.80. The van der Waals surface area contributed by atoms with Gasteiger partial charge in [0.25, 0.3) is 0 Å². The van der Waals surface area contributed by atoms with Gasteiger partial charge in [-0.05, 0) is 66.3 Å². The van der Waals surface area contributed by atoms with E-state index in [-0.39, 0.29) is 37.5 Å². The van der Waals surface area contributed by atoms with Crippen molar-refractivity contribution in [3.05, 3.63) is 95.1 Å². The Morgan fingerprint density at radius 1 is 0.927 bits per heavy atom. The van der Waals surface area contributed by atoms with Crippen molar-refractivity contribution in [1.29, 1.82) is 0 Å². The van der Waals surface area contributed by atoms with Crippen LogP contribution in [0.25, 0.3) is 11.1 Å². The van der Waals surface area contributed by atoms with Crippen LogP contribution in [-0.4, -0.2) is 59.5 Å². The highest BCUT2D eigenvalue weighted by Gasteiger charge is 2.35. The number of amides is 2. The van der Waals surface area contributed by atoms with Crippen LogP contribution in [0.5, 0.6) is 0 Å². The Kier molecular flexibility index (Phi) is 10.0. The summed E-state index contributed by atoms with van der Waals surface area (Å²) in [5.74, 6) is 0. The van der Waals surface area contributed by atoms with E-state index in [4.69, 9.17) is 9.47 Å². The van der Waals surface area contributed by atoms with E-state index in [1.165, 1.54) is 0 Å². The lowest BCUT2D eigenvalue weighted by Gasteiger charge is -2.38. The lowest BCUT2D eigenvalue weighted by molar-refractivity contribution is -0.253. The van der Waals surface area contributed by atoms with Crippen molar-refractivity contribution in [2.24, 2.45) is 0 Å². The van der Waals surface area contributed by atoms with Crippen molar-refractivity contribution in [1.82, 2.24) is 15.5 Å². The fraction of sp³-hybridized carbons (Fsp3) is 0.424. The molecule has 0 aromatic heterocycles. The highest BCUT2D eigenvalue weighted by Crippen LogP contribution is 2.39. The summed E-state index contributed by atoms with van der Waals surface area (Å²) in [5.41, 5.74) is 5.97. The predicted octanol–water partition coefficient (Wildman–Crippen LogP) is 4.67. The van der Waals surface area contributed by atoms with E-state index < -0.39 is 6.29 Å². The molecule has 4 atom stereocenters. The normalized spacial score (nSPS) is 22.9. The van der Waals surface area contributed by atoms with Crippen molar-refractivity contribution in [2.75, 3.05) is 26.2 Å². The van der Waals surface area contributed by atoms with Crippen LogP contribution in [0.15, 0.2) is 72.8 Å². The van der Waals surface area contributed by atoms with Gasteiger partial charge in [0.2, 0.25) is 0 Å². The number of aliphatic hydroxyl groups excluding tert-OH is 2. The van der Waals surface area contributed by atoms with Gasteiger partial charge in [0.15, 0.2) is 6.29 Å². The largest absolute Gasteiger partial charge is 0.395 e. The molecule has 41 heavy (non-hydrogen) atoms. The standard InChI is InChI=1S/C33H41N3O5/c1-2-34-33(39)35-19-24-6-3-7-26(16-24)27-8-4-9-28(17-27)32-40-30(20-36-15-5-10-29(36)22-38)18-31(41-32)25-13-11-23(21-37)12-14-25/h3-4,6-9,11-14,16-17,29-32,37-38H,2,5,10,15,18-22H2,1H3,(H2,34,35,39). The summed E-state index contributed by atoms with van der Waals surface area (Å²) in [6.07, 6.45) is 2.04. The molecule has 218 valence electrons. The molecule has 5 rings (SSSR count). The summed E-state index contributed by atoms with van der Waals surface area (Å²) in [5, 5.41) is 25.0. The molecule has 0 saturated carbocycles. The van der Waals surface area contributed by atoms with E-state index in [2.05, 4.69) is 39.8 Å². The zero-order valence-electron chi connectivity index (χ0n) is 23.7. The van der Waals surface area contributed by atoms with E-state index in [1.54, 1.807) is 0 Å².